The zero-order valence-corrected chi connectivity index (χ0v) is 22.4. The van der Waals surface area contributed by atoms with Gasteiger partial charge in [-0.25, -0.2) is 4.79 Å². The normalized spacial score (nSPS) is 25.5. The van der Waals surface area contributed by atoms with Gasteiger partial charge in [-0.05, 0) is 61.1 Å². The van der Waals surface area contributed by atoms with Crippen LogP contribution < -0.4 is 10.6 Å². The highest BCUT2D eigenvalue weighted by atomic mass is 16.6. The quantitative estimate of drug-likeness (QED) is 0.366. The van der Waals surface area contributed by atoms with Crippen molar-refractivity contribution in [3.8, 4) is 0 Å². The maximum Gasteiger partial charge on any atom is 0.408 e. The highest BCUT2D eigenvalue weighted by molar-refractivity contribution is 5.91. The summed E-state index contributed by atoms with van der Waals surface area (Å²) in [5.41, 5.74) is 2.06. The number of aromatic nitrogens is 1. The maximum absolute atomic E-state index is 13.6. The summed E-state index contributed by atoms with van der Waals surface area (Å²) in [6.45, 7) is 9.12. The molecule has 2 aromatic carbocycles. The minimum atomic E-state index is -1.17. The molecule has 37 heavy (non-hydrogen) atoms. The Morgan fingerprint density at radius 2 is 1.81 bits per heavy atom. The molecule has 0 saturated heterocycles. The number of ether oxygens (including phenoxy) is 1. The number of nitrogens with one attached hydrogen (secondary N) is 3. The molecule has 196 valence electrons. The summed E-state index contributed by atoms with van der Waals surface area (Å²) < 4.78 is 6.07. The molecule has 3 aromatic rings. The van der Waals surface area contributed by atoms with Crippen LogP contribution in [-0.4, -0.2) is 35.2 Å². The maximum atomic E-state index is 13.6. The number of hydrogen-bond donors (Lipinski definition) is 3. The van der Waals surface area contributed by atoms with Gasteiger partial charge >= 0.3 is 6.09 Å². The molecule has 2 saturated carbocycles. The Bertz CT molecular complexity index is 1280. The van der Waals surface area contributed by atoms with Gasteiger partial charge in [0.2, 0.25) is 5.91 Å². The molecule has 4 atom stereocenters. The van der Waals surface area contributed by atoms with Gasteiger partial charge in [-0.1, -0.05) is 69.3 Å². The molecule has 2 aliphatic rings. The Balaban J connectivity index is 1.32. The number of fused-ring (bicyclic) bond motifs is 3. The SMILES string of the molecule is CC1(C)[C@H]2CC[C@@]1(C)[C@H](OC(=O)N[C@@](C)(Cc1c[nH]c3ccccc13)C(=O)NCCc1ccccc1)C2. The van der Waals surface area contributed by atoms with Gasteiger partial charge in [0.15, 0.2) is 0 Å². The van der Waals surface area contributed by atoms with E-state index in [1.54, 1.807) is 6.92 Å². The molecule has 2 aliphatic carbocycles. The lowest BCUT2D eigenvalue weighted by Crippen LogP contribution is -2.59. The van der Waals surface area contributed by atoms with Crippen molar-refractivity contribution in [2.75, 3.05) is 6.54 Å². The molecular weight excluding hydrogens is 462 g/mol. The predicted molar refractivity (Wildman–Crippen MR) is 146 cm³/mol. The molecule has 1 heterocycles. The second-order valence-corrected chi connectivity index (χ2v) is 12.0. The number of aromatic amines is 1. The lowest BCUT2D eigenvalue weighted by atomic mass is 9.70. The molecule has 6 heteroatoms. The van der Waals surface area contributed by atoms with E-state index >= 15 is 0 Å². The van der Waals surface area contributed by atoms with Gasteiger partial charge in [0.05, 0.1) is 0 Å². The third kappa shape index (κ3) is 4.62. The van der Waals surface area contributed by atoms with Crippen LogP contribution in [0.15, 0.2) is 60.8 Å². The molecule has 3 N–H and O–H groups in total. The third-order valence-corrected chi connectivity index (χ3v) is 9.60. The van der Waals surface area contributed by atoms with Crippen molar-refractivity contribution < 1.29 is 14.3 Å². The lowest BCUT2D eigenvalue weighted by molar-refractivity contribution is -0.127. The van der Waals surface area contributed by atoms with Crippen LogP contribution in [0.3, 0.4) is 0 Å². The van der Waals surface area contributed by atoms with Gasteiger partial charge in [0, 0.05) is 35.5 Å². The second kappa shape index (κ2) is 9.55. The summed E-state index contributed by atoms with van der Waals surface area (Å²) in [6, 6.07) is 18.1. The lowest BCUT2D eigenvalue weighted by Gasteiger charge is -2.39. The number of para-hydroxylation sites is 1. The van der Waals surface area contributed by atoms with Crippen LogP contribution >= 0.6 is 0 Å². The predicted octanol–water partition coefficient (Wildman–Crippen LogP) is 5.77. The van der Waals surface area contributed by atoms with E-state index < -0.39 is 11.6 Å². The van der Waals surface area contributed by atoms with Crippen molar-refractivity contribution in [2.45, 2.75) is 71.4 Å². The van der Waals surface area contributed by atoms with E-state index in [4.69, 9.17) is 4.74 Å². The summed E-state index contributed by atoms with van der Waals surface area (Å²) in [4.78, 5) is 30.2. The van der Waals surface area contributed by atoms with Crippen molar-refractivity contribution in [2.24, 2.45) is 16.7 Å². The van der Waals surface area contributed by atoms with Gasteiger partial charge in [-0.2, -0.15) is 0 Å². The van der Waals surface area contributed by atoms with E-state index in [2.05, 4.69) is 36.4 Å². The minimum Gasteiger partial charge on any atom is -0.446 e. The first-order valence-corrected chi connectivity index (χ1v) is 13.5. The monoisotopic (exact) mass is 501 g/mol. The van der Waals surface area contributed by atoms with Crippen molar-refractivity contribution in [1.82, 2.24) is 15.6 Å². The Hall–Kier alpha value is -3.28. The molecule has 0 unspecified atom stereocenters. The molecule has 2 bridgehead atoms. The van der Waals surface area contributed by atoms with E-state index in [0.717, 1.165) is 41.3 Å². The molecule has 0 spiro atoms. The molecule has 1 aromatic heterocycles. The fraction of sp³-hybridized carbons (Fsp3) is 0.484. The first-order valence-electron chi connectivity index (χ1n) is 13.5. The first-order chi connectivity index (χ1) is 17.6. The van der Waals surface area contributed by atoms with Crippen LogP contribution in [0.2, 0.25) is 0 Å². The summed E-state index contributed by atoms with van der Waals surface area (Å²) in [6.07, 6.45) is 5.47. The fourth-order valence-corrected chi connectivity index (χ4v) is 6.69. The highest BCUT2D eigenvalue weighted by Crippen LogP contribution is 2.66. The summed E-state index contributed by atoms with van der Waals surface area (Å²) in [7, 11) is 0. The van der Waals surface area contributed by atoms with Gasteiger partial charge in [0.25, 0.3) is 0 Å². The van der Waals surface area contributed by atoms with E-state index in [0.29, 0.717) is 18.9 Å². The average Bonchev–Trinajstić information content (AvgIpc) is 3.43. The van der Waals surface area contributed by atoms with E-state index in [1.807, 2.05) is 60.8 Å². The number of rotatable bonds is 8. The van der Waals surface area contributed by atoms with Crippen molar-refractivity contribution in [3.05, 3.63) is 71.9 Å². The standard InChI is InChI=1S/C31H39N3O3/c1-29(2)23-14-16-30(29,3)26(18-23)37-28(36)34-31(4,19-22-20-33-25-13-9-8-12-24(22)25)27(35)32-17-15-21-10-6-5-7-11-21/h5-13,20,23,26,33H,14-19H2,1-4H3,(H,32,35)(H,34,36)/t23-,26+,30-,31-/m0/s1. The van der Waals surface area contributed by atoms with Crippen LogP contribution in [0.25, 0.3) is 10.9 Å². The molecule has 6 nitrogen and oxygen atoms in total. The first kappa shape index (κ1) is 25.4. The van der Waals surface area contributed by atoms with Gasteiger partial charge < -0.3 is 20.4 Å². The van der Waals surface area contributed by atoms with Gasteiger partial charge in [-0.15, -0.1) is 0 Å². The van der Waals surface area contributed by atoms with Crippen molar-refractivity contribution >= 4 is 22.9 Å². The summed E-state index contributed by atoms with van der Waals surface area (Å²) in [5.74, 6) is 0.347. The summed E-state index contributed by atoms with van der Waals surface area (Å²) >= 11 is 0. The van der Waals surface area contributed by atoms with E-state index in [9.17, 15) is 9.59 Å². The average molecular weight is 502 g/mol. The minimum absolute atomic E-state index is 0.0415. The third-order valence-electron chi connectivity index (χ3n) is 9.60. The van der Waals surface area contributed by atoms with E-state index in [-0.39, 0.29) is 22.8 Å². The number of H-pyrrole nitrogens is 1. The van der Waals surface area contributed by atoms with Crippen molar-refractivity contribution in [3.63, 3.8) is 0 Å². The fourth-order valence-electron chi connectivity index (χ4n) is 6.69. The Morgan fingerprint density at radius 3 is 2.51 bits per heavy atom. The van der Waals surface area contributed by atoms with Crippen LogP contribution in [-0.2, 0) is 22.4 Å². The van der Waals surface area contributed by atoms with Gasteiger partial charge in [0.1, 0.15) is 11.6 Å². The number of carbonyl (C=O) groups is 2. The zero-order chi connectivity index (χ0) is 26.3. The molecule has 0 radical (unpaired) electrons. The number of hydrogen-bond acceptors (Lipinski definition) is 3. The van der Waals surface area contributed by atoms with Gasteiger partial charge in [-0.3, -0.25) is 4.79 Å². The van der Waals surface area contributed by atoms with Crippen LogP contribution in [0, 0.1) is 16.7 Å². The molecular formula is C31H39N3O3. The zero-order valence-electron chi connectivity index (χ0n) is 22.4. The largest absolute Gasteiger partial charge is 0.446 e. The topological polar surface area (TPSA) is 83.2 Å². The smallest absolute Gasteiger partial charge is 0.408 e. The van der Waals surface area contributed by atoms with E-state index in [1.165, 1.54) is 6.42 Å². The molecule has 5 rings (SSSR count). The molecule has 0 aliphatic heterocycles. The van der Waals surface area contributed by atoms with Crippen molar-refractivity contribution in [1.29, 1.82) is 0 Å². The Labute approximate surface area is 219 Å². The number of alkyl carbamates (subject to hydrolysis) is 1. The number of benzene rings is 2. The van der Waals surface area contributed by atoms with Crippen LogP contribution in [0.4, 0.5) is 4.79 Å². The molecule has 2 fully saturated rings. The Kier molecular flexibility index (Phi) is 6.55. The molecule has 2 amide bonds. The van der Waals surface area contributed by atoms with Crippen LogP contribution in [0.1, 0.15) is 58.1 Å². The summed E-state index contributed by atoms with van der Waals surface area (Å²) in [5, 5.41) is 7.09. The highest BCUT2D eigenvalue weighted by Gasteiger charge is 2.63. The van der Waals surface area contributed by atoms with Crippen LogP contribution in [0.5, 0.6) is 0 Å². The number of carbonyl (C=O) groups excluding carboxylic acids is 2. The number of amides is 2. The Morgan fingerprint density at radius 1 is 1.08 bits per heavy atom. The second-order valence-electron chi connectivity index (χ2n) is 12.0.